The number of fused-ring (bicyclic) bond motifs is 2. The molecule has 4 rings (SSSR count). The summed E-state index contributed by atoms with van der Waals surface area (Å²) in [5.41, 5.74) is 0.927. The van der Waals surface area contributed by atoms with Gasteiger partial charge in [-0.15, -0.1) is 0 Å². The first-order chi connectivity index (χ1) is 8.79. The van der Waals surface area contributed by atoms with E-state index in [1.54, 1.807) is 10.9 Å². The molecule has 0 aliphatic heterocycles. The van der Waals surface area contributed by atoms with E-state index in [0.717, 1.165) is 23.3 Å². The predicted molar refractivity (Wildman–Crippen MR) is 64.7 cm³/mol. The van der Waals surface area contributed by atoms with Crippen LogP contribution in [0.5, 0.6) is 0 Å². The molecule has 0 N–H and O–H groups in total. The Hall–Kier alpha value is -1.65. The topological polar surface area (TPSA) is 56.7 Å². The largest absolute Gasteiger partial charge is 0.339 e. The van der Waals surface area contributed by atoms with E-state index in [2.05, 4.69) is 15.2 Å². The van der Waals surface area contributed by atoms with Gasteiger partial charge in [0.15, 0.2) is 0 Å². The number of aromatic nitrogens is 4. The van der Waals surface area contributed by atoms with Crippen LogP contribution in [0.2, 0.25) is 0 Å². The maximum Gasteiger partial charge on any atom is 0.230 e. The summed E-state index contributed by atoms with van der Waals surface area (Å²) in [5, 5.41) is 8.22. The number of nitrogens with zero attached hydrogens (tertiary/aromatic N) is 4. The van der Waals surface area contributed by atoms with Crippen LogP contribution in [0.1, 0.15) is 37.5 Å². The van der Waals surface area contributed by atoms with Crippen molar-refractivity contribution in [2.24, 2.45) is 18.9 Å². The quantitative estimate of drug-likeness (QED) is 0.813. The number of rotatable bonds is 2. The van der Waals surface area contributed by atoms with Crippen molar-refractivity contribution >= 4 is 0 Å². The molecule has 0 radical (unpaired) electrons. The molecular weight excluding hydrogens is 228 g/mol. The van der Waals surface area contributed by atoms with Crippen molar-refractivity contribution in [1.82, 2.24) is 19.9 Å². The lowest BCUT2D eigenvalue weighted by Crippen LogP contribution is -2.08. The van der Waals surface area contributed by atoms with Crippen LogP contribution in [-0.4, -0.2) is 19.9 Å². The summed E-state index contributed by atoms with van der Waals surface area (Å²) in [7, 11) is 1.89. The van der Waals surface area contributed by atoms with Crippen molar-refractivity contribution in [3.05, 3.63) is 18.3 Å². The van der Waals surface area contributed by atoms with Gasteiger partial charge >= 0.3 is 0 Å². The van der Waals surface area contributed by atoms with Crippen molar-refractivity contribution in [3.8, 4) is 11.4 Å². The van der Waals surface area contributed by atoms with Gasteiger partial charge in [-0.25, -0.2) is 0 Å². The zero-order chi connectivity index (χ0) is 12.1. The van der Waals surface area contributed by atoms with Crippen LogP contribution < -0.4 is 0 Å². The summed E-state index contributed by atoms with van der Waals surface area (Å²) in [6.07, 6.45) is 9.00. The number of aryl methyl sites for hydroxylation is 1. The Morgan fingerprint density at radius 3 is 2.94 bits per heavy atom. The zero-order valence-electron chi connectivity index (χ0n) is 10.4. The molecule has 5 nitrogen and oxygen atoms in total. The van der Waals surface area contributed by atoms with E-state index in [4.69, 9.17) is 4.52 Å². The van der Waals surface area contributed by atoms with Gasteiger partial charge in [-0.05, 0) is 31.1 Å². The fourth-order valence-corrected chi connectivity index (χ4v) is 3.59. The highest BCUT2D eigenvalue weighted by Gasteiger charge is 2.42. The second kappa shape index (κ2) is 3.67. The van der Waals surface area contributed by atoms with Crippen molar-refractivity contribution in [2.45, 2.75) is 31.6 Å². The second-order valence-electron chi connectivity index (χ2n) is 5.64. The molecule has 0 aromatic carbocycles. The summed E-state index contributed by atoms with van der Waals surface area (Å²) in [6, 6.07) is 0. The van der Waals surface area contributed by atoms with E-state index in [9.17, 15) is 0 Å². The summed E-state index contributed by atoms with van der Waals surface area (Å²) in [4.78, 5) is 4.56. The van der Waals surface area contributed by atoms with E-state index in [1.807, 2.05) is 13.2 Å². The Morgan fingerprint density at radius 2 is 2.28 bits per heavy atom. The maximum atomic E-state index is 5.47. The molecule has 0 spiro atoms. The Bertz CT molecular complexity index is 573. The molecule has 94 valence electrons. The van der Waals surface area contributed by atoms with Crippen molar-refractivity contribution in [2.75, 3.05) is 0 Å². The first-order valence-corrected chi connectivity index (χ1v) is 6.62. The zero-order valence-corrected chi connectivity index (χ0v) is 10.4. The van der Waals surface area contributed by atoms with E-state index in [1.165, 1.54) is 25.7 Å². The molecule has 2 aliphatic carbocycles. The molecule has 2 aromatic heterocycles. The first-order valence-electron chi connectivity index (χ1n) is 6.62. The Balaban J connectivity index is 1.62. The highest BCUT2D eigenvalue weighted by molar-refractivity contribution is 5.51. The molecule has 3 unspecified atom stereocenters. The highest BCUT2D eigenvalue weighted by atomic mass is 16.5. The molecule has 0 saturated heterocycles. The lowest BCUT2D eigenvalue weighted by molar-refractivity contribution is 0.302. The minimum atomic E-state index is 0.502. The van der Waals surface area contributed by atoms with Crippen LogP contribution in [0.4, 0.5) is 0 Å². The van der Waals surface area contributed by atoms with Crippen LogP contribution in [0, 0.1) is 11.8 Å². The predicted octanol–water partition coefficient (Wildman–Crippen LogP) is 2.37. The average Bonchev–Trinajstić information content (AvgIpc) is 3.12. The van der Waals surface area contributed by atoms with Crippen LogP contribution in [-0.2, 0) is 7.05 Å². The molecule has 2 fully saturated rings. The third-order valence-corrected chi connectivity index (χ3v) is 4.46. The van der Waals surface area contributed by atoms with Gasteiger partial charge in [0.2, 0.25) is 11.7 Å². The molecule has 18 heavy (non-hydrogen) atoms. The Kier molecular flexibility index (Phi) is 2.10. The van der Waals surface area contributed by atoms with Gasteiger partial charge in [-0.2, -0.15) is 10.1 Å². The van der Waals surface area contributed by atoms with Gasteiger partial charge in [0, 0.05) is 19.2 Å². The van der Waals surface area contributed by atoms with E-state index in [-0.39, 0.29) is 0 Å². The molecule has 2 aliphatic rings. The lowest BCUT2D eigenvalue weighted by atomic mass is 9.89. The van der Waals surface area contributed by atoms with Crippen LogP contribution >= 0.6 is 0 Å². The highest BCUT2D eigenvalue weighted by Crippen LogP contribution is 2.52. The van der Waals surface area contributed by atoms with Crippen LogP contribution in [0.25, 0.3) is 11.4 Å². The van der Waals surface area contributed by atoms with E-state index >= 15 is 0 Å². The fourth-order valence-electron chi connectivity index (χ4n) is 3.59. The normalized spacial score (nSPS) is 30.2. The minimum absolute atomic E-state index is 0.502. The van der Waals surface area contributed by atoms with Crippen LogP contribution in [0.3, 0.4) is 0 Å². The lowest BCUT2D eigenvalue weighted by Gasteiger charge is -2.16. The number of hydrogen-bond acceptors (Lipinski definition) is 4. The second-order valence-corrected chi connectivity index (χ2v) is 5.64. The van der Waals surface area contributed by atoms with Gasteiger partial charge < -0.3 is 4.52 Å². The third kappa shape index (κ3) is 1.50. The van der Waals surface area contributed by atoms with Gasteiger partial charge in [0.05, 0.1) is 11.8 Å². The van der Waals surface area contributed by atoms with Crippen molar-refractivity contribution in [1.29, 1.82) is 0 Å². The molecule has 3 atom stereocenters. The molecular formula is C13H16N4O. The summed E-state index contributed by atoms with van der Waals surface area (Å²) in [6.45, 7) is 0. The van der Waals surface area contributed by atoms with Gasteiger partial charge in [0.25, 0.3) is 0 Å². The summed E-state index contributed by atoms with van der Waals surface area (Å²) in [5.74, 6) is 3.68. The maximum absolute atomic E-state index is 5.47. The Morgan fingerprint density at radius 1 is 1.33 bits per heavy atom. The van der Waals surface area contributed by atoms with E-state index in [0.29, 0.717) is 11.7 Å². The smallest absolute Gasteiger partial charge is 0.230 e. The Labute approximate surface area is 105 Å². The molecule has 2 bridgehead atoms. The minimum Gasteiger partial charge on any atom is -0.339 e. The molecule has 2 heterocycles. The summed E-state index contributed by atoms with van der Waals surface area (Å²) < 4.78 is 7.22. The SMILES string of the molecule is Cn1cc(-c2noc(C3CC4CCC3C4)n2)cn1. The monoisotopic (exact) mass is 244 g/mol. The van der Waals surface area contributed by atoms with Crippen LogP contribution in [0.15, 0.2) is 16.9 Å². The van der Waals surface area contributed by atoms with E-state index < -0.39 is 0 Å². The van der Waals surface area contributed by atoms with Gasteiger partial charge in [-0.1, -0.05) is 11.6 Å². The molecule has 5 heteroatoms. The molecule has 0 amide bonds. The third-order valence-electron chi connectivity index (χ3n) is 4.46. The van der Waals surface area contributed by atoms with Crippen molar-refractivity contribution < 1.29 is 4.52 Å². The average molecular weight is 244 g/mol. The fraction of sp³-hybridized carbons (Fsp3) is 0.615. The summed E-state index contributed by atoms with van der Waals surface area (Å²) >= 11 is 0. The molecule has 2 aromatic rings. The first kappa shape index (κ1) is 10.3. The standard InChI is InChI=1S/C13H16N4O/c1-17-7-10(6-14-17)12-15-13(18-16-12)11-5-8-2-3-9(11)4-8/h6-9,11H,2-5H2,1H3. The van der Waals surface area contributed by atoms with Crippen molar-refractivity contribution in [3.63, 3.8) is 0 Å². The van der Waals surface area contributed by atoms with Gasteiger partial charge in [0.1, 0.15) is 0 Å². The van der Waals surface area contributed by atoms with Gasteiger partial charge in [-0.3, -0.25) is 4.68 Å². The number of hydrogen-bond donors (Lipinski definition) is 0. The molecule has 2 saturated carbocycles.